The quantitative estimate of drug-likeness (QED) is 0.137. The van der Waals surface area contributed by atoms with Crippen molar-refractivity contribution in [1.29, 1.82) is 0 Å². The fraction of sp³-hybridized carbons (Fsp3) is 0.172. The molecule has 0 aliphatic carbocycles. The lowest BCUT2D eigenvalue weighted by atomic mass is 10.1. The van der Waals surface area contributed by atoms with Crippen LogP contribution in [0.2, 0.25) is 0 Å². The monoisotopic (exact) mass is 594 g/mol. The lowest BCUT2D eigenvalue weighted by Gasteiger charge is -2.15. The van der Waals surface area contributed by atoms with Crippen molar-refractivity contribution in [2.45, 2.75) is 20.5 Å². The van der Waals surface area contributed by atoms with E-state index < -0.39 is 0 Å². The number of halogens is 1. The summed E-state index contributed by atoms with van der Waals surface area (Å²) in [5.41, 5.74) is 6.08. The number of hydrazone groups is 1. The number of ether oxygens (including phenoxy) is 3. The van der Waals surface area contributed by atoms with Crippen LogP contribution >= 0.6 is 22.6 Å². The summed E-state index contributed by atoms with van der Waals surface area (Å²) >= 11 is 2.22. The van der Waals surface area contributed by atoms with E-state index >= 15 is 0 Å². The van der Waals surface area contributed by atoms with Gasteiger partial charge in [-0.25, -0.2) is 5.43 Å². The zero-order valence-corrected chi connectivity index (χ0v) is 22.5. The largest absolute Gasteiger partial charge is 0.496 e. The van der Waals surface area contributed by atoms with Crippen molar-refractivity contribution in [3.63, 3.8) is 0 Å². The molecule has 0 heterocycles. The Morgan fingerprint density at radius 3 is 2.39 bits per heavy atom. The van der Waals surface area contributed by atoms with E-state index in [0.29, 0.717) is 36.0 Å². The summed E-state index contributed by atoms with van der Waals surface area (Å²) in [6.45, 7) is 4.92. The highest BCUT2D eigenvalue weighted by Gasteiger charge is 2.14. The zero-order valence-electron chi connectivity index (χ0n) is 20.4. The number of carbonyl (C=O) groups excluding carboxylic acids is 1. The van der Waals surface area contributed by atoms with E-state index in [0.717, 1.165) is 25.5 Å². The smallest absolute Gasteiger partial charge is 0.275 e. The van der Waals surface area contributed by atoms with Gasteiger partial charge in [0.1, 0.15) is 12.4 Å². The van der Waals surface area contributed by atoms with Gasteiger partial charge in [-0.1, -0.05) is 54.1 Å². The van der Waals surface area contributed by atoms with E-state index in [1.165, 1.54) is 5.56 Å². The molecule has 0 saturated carbocycles. The van der Waals surface area contributed by atoms with E-state index in [4.69, 9.17) is 14.2 Å². The molecule has 1 amide bonds. The second-order valence-electron chi connectivity index (χ2n) is 8.14. The Hall–Kier alpha value is -3.59. The predicted molar refractivity (Wildman–Crippen MR) is 151 cm³/mol. The fourth-order valence-electron chi connectivity index (χ4n) is 3.70. The van der Waals surface area contributed by atoms with E-state index in [9.17, 15) is 4.79 Å². The third-order valence-electron chi connectivity index (χ3n) is 5.53. The van der Waals surface area contributed by atoms with Gasteiger partial charge >= 0.3 is 0 Å². The number of hydrogen-bond donors (Lipinski definition) is 1. The number of hydrogen-bond acceptors (Lipinski definition) is 5. The number of amides is 1. The maximum atomic E-state index is 12.8. The van der Waals surface area contributed by atoms with Gasteiger partial charge in [-0.05, 0) is 82.6 Å². The van der Waals surface area contributed by atoms with Crippen LogP contribution in [0.25, 0.3) is 10.8 Å². The summed E-state index contributed by atoms with van der Waals surface area (Å²) in [4.78, 5) is 12.8. The van der Waals surface area contributed by atoms with Crippen LogP contribution in [-0.2, 0) is 6.61 Å². The van der Waals surface area contributed by atoms with Crippen molar-refractivity contribution in [2.24, 2.45) is 5.10 Å². The molecule has 0 bridgehead atoms. The number of nitrogens with zero attached hydrogens (tertiary/aromatic N) is 1. The van der Waals surface area contributed by atoms with Gasteiger partial charge in [-0.2, -0.15) is 5.10 Å². The number of fused-ring (bicyclic) bond motifs is 1. The molecule has 4 rings (SSSR count). The normalized spacial score (nSPS) is 11.0. The third-order valence-corrected chi connectivity index (χ3v) is 6.33. The minimum atomic E-state index is -0.355. The average Bonchev–Trinajstić information content (AvgIpc) is 2.88. The summed E-state index contributed by atoms with van der Waals surface area (Å²) in [5.74, 6) is 1.44. The highest BCUT2D eigenvalue weighted by molar-refractivity contribution is 14.1. The molecule has 0 saturated heterocycles. The number of benzene rings is 4. The molecule has 4 aromatic rings. The number of methoxy groups -OCH3 is 1. The predicted octanol–water partition coefficient (Wildman–Crippen LogP) is 6.50. The van der Waals surface area contributed by atoms with Crippen LogP contribution in [0.1, 0.15) is 34.0 Å². The molecule has 0 fully saturated rings. The Kier molecular flexibility index (Phi) is 8.43. The van der Waals surface area contributed by atoms with Crippen molar-refractivity contribution < 1.29 is 19.0 Å². The molecule has 4 aromatic carbocycles. The van der Waals surface area contributed by atoms with Gasteiger partial charge < -0.3 is 14.2 Å². The summed E-state index contributed by atoms with van der Waals surface area (Å²) in [5, 5.41) is 6.11. The lowest BCUT2D eigenvalue weighted by molar-refractivity contribution is 0.0952. The first-order chi connectivity index (χ1) is 17.5. The molecule has 0 spiro atoms. The highest BCUT2D eigenvalue weighted by Crippen LogP contribution is 2.34. The van der Waals surface area contributed by atoms with Gasteiger partial charge in [-0.3, -0.25) is 4.79 Å². The molecule has 0 aromatic heterocycles. The van der Waals surface area contributed by atoms with Gasteiger partial charge in [0, 0.05) is 0 Å². The molecule has 0 unspecified atom stereocenters. The molecule has 184 valence electrons. The Bertz CT molecular complexity index is 1400. The summed E-state index contributed by atoms with van der Waals surface area (Å²) in [6, 6.07) is 23.5. The minimum Gasteiger partial charge on any atom is -0.496 e. The maximum absolute atomic E-state index is 12.8. The van der Waals surface area contributed by atoms with E-state index in [1.807, 2.05) is 49.4 Å². The topological polar surface area (TPSA) is 69.2 Å². The molecule has 0 radical (unpaired) electrons. The van der Waals surface area contributed by atoms with Crippen LogP contribution < -0.4 is 19.6 Å². The second-order valence-corrected chi connectivity index (χ2v) is 9.30. The van der Waals surface area contributed by atoms with Gasteiger partial charge in [0.15, 0.2) is 11.5 Å². The first kappa shape index (κ1) is 25.5. The first-order valence-corrected chi connectivity index (χ1v) is 12.6. The minimum absolute atomic E-state index is 0.355. The van der Waals surface area contributed by atoms with Crippen LogP contribution in [0.4, 0.5) is 0 Å². The molecule has 0 atom stereocenters. The average molecular weight is 594 g/mol. The van der Waals surface area contributed by atoms with Crippen molar-refractivity contribution in [3.8, 4) is 17.2 Å². The molecule has 0 aliphatic heterocycles. The van der Waals surface area contributed by atoms with Gasteiger partial charge in [0.25, 0.3) is 5.91 Å². The number of aryl methyl sites for hydroxylation is 1. The highest BCUT2D eigenvalue weighted by atomic mass is 127. The van der Waals surface area contributed by atoms with Crippen LogP contribution in [0.5, 0.6) is 17.2 Å². The van der Waals surface area contributed by atoms with Crippen LogP contribution in [0, 0.1) is 10.5 Å². The van der Waals surface area contributed by atoms with Crippen LogP contribution in [0.15, 0.2) is 77.9 Å². The Balaban J connectivity index is 1.50. The summed E-state index contributed by atoms with van der Waals surface area (Å²) in [6.07, 6.45) is 1.58. The molecular formula is C29H27IN2O4. The van der Waals surface area contributed by atoms with Crippen molar-refractivity contribution in [3.05, 3.63) is 98.6 Å². The molecule has 7 heteroatoms. The number of rotatable bonds is 9. The van der Waals surface area contributed by atoms with Gasteiger partial charge in [-0.15, -0.1) is 0 Å². The lowest BCUT2D eigenvalue weighted by Crippen LogP contribution is -2.18. The fourth-order valence-corrected chi connectivity index (χ4v) is 4.48. The standard InChI is InChI=1S/C29H27IN2O4/c1-4-35-27-14-21(13-25(30)28(27)36-18-20-11-9-19(2)10-12-20)17-31-32-29(33)24-15-22-7-5-6-8-23(22)16-26(24)34-3/h5-17H,4,18H2,1-3H3,(H,32,33)/b31-17-. The Morgan fingerprint density at radius 2 is 1.69 bits per heavy atom. The van der Waals surface area contributed by atoms with Gasteiger partial charge in [0.05, 0.1) is 29.1 Å². The SMILES string of the molecule is CCOc1cc(/C=N\NC(=O)c2cc3ccccc3cc2OC)cc(I)c1OCc1ccc(C)cc1. The summed E-state index contributed by atoms with van der Waals surface area (Å²) in [7, 11) is 1.55. The van der Waals surface area contributed by atoms with Crippen molar-refractivity contribution in [2.75, 3.05) is 13.7 Å². The first-order valence-electron chi connectivity index (χ1n) is 11.5. The molecule has 6 nitrogen and oxygen atoms in total. The van der Waals surface area contributed by atoms with Crippen molar-refractivity contribution >= 4 is 45.5 Å². The number of nitrogens with one attached hydrogen (secondary N) is 1. The van der Waals surface area contributed by atoms with E-state index in [2.05, 4.69) is 64.3 Å². The van der Waals surface area contributed by atoms with E-state index in [-0.39, 0.29) is 5.91 Å². The summed E-state index contributed by atoms with van der Waals surface area (Å²) < 4.78 is 18.3. The molecule has 36 heavy (non-hydrogen) atoms. The number of carbonyl (C=O) groups is 1. The molecule has 1 N–H and O–H groups in total. The van der Waals surface area contributed by atoms with Crippen LogP contribution in [-0.4, -0.2) is 25.8 Å². The third kappa shape index (κ3) is 6.15. The van der Waals surface area contributed by atoms with E-state index in [1.54, 1.807) is 19.4 Å². The molecular weight excluding hydrogens is 567 g/mol. The second kappa shape index (κ2) is 11.9. The Labute approximate surface area is 224 Å². The van der Waals surface area contributed by atoms with Crippen LogP contribution in [0.3, 0.4) is 0 Å². The zero-order chi connectivity index (χ0) is 25.5. The Morgan fingerprint density at radius 1 is 0.972 bits per heavy atom. The van der Waals surface area contributed by atoms with Gasteiger partial charge in [0.2, 0.25) is 0 Å². The maximum Gasteiger partial charge on any atom is 0.275 e. The molecule has 0 aliphatic rings. The van der Waals surface area contributed by atoms with Crippen molar-refractivity contribution in [1.82, 2.24) is 5.43 Å².